The lowest BCUT2D eigenvalue weighted by atomic mass is 10.1. The number of nitro benzene ring substituents is 1. The van der Waals surface area contributed by atoms with E-state index in [1.807, 2.05) is 0 Å². The molecule has 0 spiro atoms. The molecule has 0 radical (unpaired) electrons. The van der Waals surface area contributed by atoms with Gasteiger partial charge in [-0.25, -0.2) is 10.2 Å². The fourth-order valence-electron chi connectivity index (χ4n) is 2.88. The van der Waals surface area contributed by atoms with Crippen LogP contribution in [-0.2, 0) is 9.59 Å². The van der Waals surface area contributed by atoms with Crippen LogP contribution in [0.2, 0.25) is 10.0 Å². The number of hydrogen-bond donors (Lipinski definition) is 2. The fraction of sp³-hybridized carbons (Fsp3) is 0.0833. The van der Waals surface area contributed by atoms with Crippen molar-refractivity contribution in [2.24, 2.45) is 5.10 Å². The number of methoxy groups -OCH3 is 1. The molecular formula is C24H18Cl2N4O7. The van der Waals surface area contributed by atoms with E-state index in [0.717, 1.165) is 0 Å². The van der Waals surface area contributed by atoms with Gasteiger partial charge in [0.05, 0.1) is 39.0 Å². The van der Waals surface area contributed by atoms with Gasteiger partial charge >= 0.3 is 17.8 Å². The van der Waals surface area contributed by atoms with Crippen LogP contribution in [-0.4, -0.2) is 35.5 Å². The highest BCUT2D eigenvalue weighted by molar-refractivity contribution is 6.45. The minimum absolute atomic E-state index is 0.0872. The standard InChI is InChI=1S/C24H18Cl2N4O7/c1-13(28-29-23(32)22(31)27-18-5-3-4-17(25)21(18)26)15-8-11-19(20(12-15)36-2)37-24(33)14-6-9-16(10-7-14)30(34)35/h3-12H,1-2H3,(H,27,31)(H,29,32). The first-order chi connectivity index (χ1) is 17.6. The van der Waals surface area contributed by atoms with Crippen molar-refractivity contribution in [1.82, 2.24) is 5.43 Å². The molecular weight excluding hydrogens is 527 g/mol. The number of esters is 1. The zero-order valence-corrected chi connectivity index (χ0v) is 20.8. The molecule has 2 N–H and O–H groups in total. The van der Waals surface area contributed by atoms with Gasteiger partial charge in [0, 0.05) is 17.7 Å². The summed E-state index contributed by atoms with van der Waals surface area (Å²) in [5.74, 6) is -2.53. The summed E-state index contributed by atoms with van der Waals surface area (Å²) in [5.41, 5.74) is 3.06. The van der Waals surface area contributed by atoms with Gasteiger partial charge in [-0.3, -0.25) is 19.7 Å². The van der Waals surface area contributed by atoms with Gasteiger partial charge in [-0.05, 0) is 49.4 Å². The number of carbonyl (C=O) groups excluding carboxylic acids is 3. The maximum Gasteiger partial charge on any atom is 0.343 e. The Labute approximate surface area is 220 Å². The largest absolute Gasteiger partial charge is 0.493 e. The molecule has 0 atom stereocenters. The van der Waals surface area contributed by atoms with Crippen LogP contribution in [0.25, 0.3) is 0 Å². The molecule has 190 valence electrons. The van der Waals surface area contributed by atoms with E-state index in [9.17, 15) is 24.5 Å². The van der Waals surface area contributed by atoms with E-state index in [-0.39, 0.29) is 38.5 Å². The summed E-state index contributed by atoms with van der Waals surface area (Å²) in [6.07, 6.45) is 0. The van der Waals surface area contributed by atoms with E-state index >= 15 is 0 Å². The molecule has 13 heteroatoms. The Morgan fingerprint density at radius 1 is 0.946 bits per heavy atom. The van der Waals surface area contributed by atoms with Crippen LogP contribution >= 0.6 is 23.2 Å². The van der Waals surface area contributed by atoms with Crippen LogP contribution in [0.3, 0.4) is 0 Å². The van der Waals surface area contributed by atoms with Gasteiger partial charge in [-0.15, -0.1) is 0 Å². The van der Waals surface area contributed by atoms with Crippen molar-refractivity contribution in [3.8, 4) is 11.5 Å². The van der Waals surface area contributed by atoms with Crippen molar-refractivity contribution in [1.29, 1.82) is 0 Å². The first kappa shape index (κ1) is 27.1. The van der Waals surface area contributed by atoms with Crippen LogP contribution in [0.1, 0.15) is 22.8 Å². The molecule has 0 bridgehead atoms. The second-order valence-electron chi connectivity index (χ2n) is 7.25. The summed E-state index contributed by atoms with van der Waals surface area (Å²) in [5, 5.41) is 17.3. The summed E-state index contributed by atoms with van der Waals surface area (Å²) in [6.45, 7) is 1.57. The van der Waals surface area contributed by atoms with E-state index in [2.05, 4.69) is 15.8 Å². The van der Waals surface area contributed by atoms with Gasteiger partial charge in [0.15, 0.2) is 11.5 Å². The predicted molar refractivity (Wildman–Crippen MR) is 136 cm³/mol. The number of nitrogens with one attached hydrogen (secondary N) is 2. The zero-order chi connectivity index (χ0) is 27.1. The lowest BCUT2D eigenvalue weighted by molar-refractivity contribution is -0.384. The number of rotatable bonds is 7. The molecule has 2 amide bonds. The number of hydrazone groups is 1. The van der Waals surface area contributed by atoms with Crippen molar-refractivity contribution < 1.29 is 28.8 Å². The normalized spacial score (nSPS) is 10.9. The third-order valence-corrected chi connectivity index (χ3v) is 5.65. The smallest absolute Gasteiger partial charge is 0.343 e. The Bertz CT molecular complexity index is 1410. The number of nitro groups is 1. The number of non-ortho nitro benzene ring substituents is 1. The number of carbonyl (C=O) groups is 3. The zero-order valence-electron chi connectivity index (χ0n) is 19.3. The number of benzene rings is 3. The highest BCUT2D eigenvalue weighted by Gasteiger charge is 2.17. The van der Waals surface area contributed by atoms with Crippen LogP contribution in [0.15, 0.2) is 65.8 Å². The van der Waals surface area contributed by atoms with Gasteiger partial charge in [-0.1, -0.05) is 29.3 Å². The molecule has 0 aromatic heterocycles. The molecule has 0 heterocycles. The second kappa shape index (κ2) is 12.0. The van der Waals surface area contributed by atoms with E-state index in [1.165, 1.54) is 55.6 Å². The molecule has 0 fully saturated rings. The van der Waals surface area contributed by atoms with Gasteiger partial charge < -0.3 is 14.8 Å². The molecule has 0 aliphatic carbocycles. The van der Waals surface area contributed by atoms with E-state index < -0.39 is 22.7 Å². The van der Waals surface area contributed by atoms with E-state index in [1.54, 1.807) is 19.1 Å². The summed E-state index contributed by atoms with van der Waals surface area (Å²) in [6, 6.07) is 14.0. The lowest BCUT2D eigenvalue weighted by Crippen LogP contribution is -2.33. The Balaban J connectivity index is 1.67. The summed E-state index contributed by atoms with van der Waals surface area (Å²) < 4.78 is 10.6. The van der Waals surface area contributed by atoms with Crippen molar-refractivity contribution in [2.45, 2.75) is 6.92 Å². The topological polar surface area (TPSA) is 149 Å². The van der Waals surface area contributed by atoms with Crippen LogP contribution in [0, 0.1) is 10.1 Å². The molecule has 0 aliphatic rings. The van der Waals surface area contributed by atoms with Crippen molar-refractivity contribution >= 4 is 58.1 Å². The SMILES string of the molecule is COc1cc(C(C)=NNC(=O)C(=O)Nc2cccc(Cl)c2Cl)ccc1OC(=O)c1ccc([N+](=O)[O-])cc1. The molecule has 3 aromatic carbocycles. The van der Waals surface area contributed by atoms with Crippen LogP contribution in [0.4, 0.5) is 11.4 Å². The van der Waals surface area contributed by atoms with E-state index in [4.69, 9.17) is 32.7 Å². The van der Waals surface area contributed by atoms with Gasteiger partial charge in [0.2, 0.25) is 0 Å². The maximum absolute atomic E-state index is 12.4. The number of halogens is 2. The van der Waals surface area contributed by atoms with Crippen LogP contribution in [0.5, 0.6) is 11.5 Å². The minimum Gasteiger partial charge on any atom is -0.493 e. The number of hydrogen-bond acceptors (Lipinski definition) is 8. The minimum atomic E-state index is -1.05. The number of ether oxygens (including phenoxy) is 2. The van der Waals surface area contributed by atoms with Crippen LogP contribution < -0.4 is 20.2 Å². The quantitative estimate of drug-likeness (QED) is 0.110. The summed E-state index contributed by atoms with van der Waals surface area (Å²) >= 11 is 11.9. The van der Waals surface area contributed by atoms with Crippen molar-refractivity contribution in [3.05, 3.63) is 92.0 Å². The lowest BCUT2D eigenvalue weighted by Gasteiger charge is -2.11. The molecule has 37 heavy (non-hydrogen) atoms. The van der Waals surface area contributed by atoms with E-state index in [0.29, 0.717) is 11.3 Å². The third-order valence-electron chi connectivity index (χ3n) is 4.83. The average Bonchev–Trinajstić information content (AvgIpc) is 2.89. The van der Waals surface area contributed by atoms with Crippen molar-refractivity contribution in [2.75, 3.05) is 12.4 Å². The van der Waals surface area contributed by atoms with Crippen molar-refractivity contribution in [3.63, 3.8) is 0 Å². The molecule has 0 saturated carbocycles. The second-order valence-corrected chi connectivity index (χ2v) is 8.04. The predicted octanol–water partition coefficient (Wildman–Crippen LogP) is 4.61. The average molecular weight is 545 g/mol. The molecule has 3 aromatic rings. The third kappa shape index (κ3) is 6.81. The molecule has 0 unspecified atom stereocenters. The number of anilines is 1. The first-order valence-corrected chi connectivity index (χ1v) is 11.1. The summed E-state index contributed by atoms with van der Waals surface area (Å²) in [4.78, 5) is 46.9. The Morgan fingerprint density at radius 2 is 1.62 bits per heavy atom. The van der Waals surface area contributed by atoms with Gasteiger partial charge in [0.1, 0.15) is 0 Å². The highest BCUT2D eigenvalue weighted by Crippen LogP contribution is 2.30. The Kier molecular flexibility index (Phi) is 8.77. The molecule has 0 aliphatic heterocycles. The first-order valence-electron chi connectivity index (χ1n) is 10.4. The Hall–Kier alpha value is -4.48. The molecule has 3 rings (SSSR count). The fourth-order valence-corrected chi connectivity index (χ4v) is 3.23. The molecule has 0 saturated heterocycles. The van der Waals surface area contributed by atoms with Gasteiger partial charge in [0.25, 0.3) is 5.69 Å². The highest BCUT2D eigenvalue weighted by atomic mass is 35.5. The van der Waals surface area contributed by atoms with Gasteiger partial charge in [-0.2, -0.15) is 5.10 Å². The number of amides is 2. The monoisotopic (exact) mass is 544 g/mol. The molecule has 11 nitrogen and oxygen atoms in total. The Morgan fingerprint density at radius 3 is 2.27 bits per heavy atom. The summed E-state index contributed by atoms with van der Waals surface area (Å²) in [7, 11) is 1.36. The maximum atomic E-state index is 12.4. The number of nitrogens with zero attached hydrogens (tertiary/aromatic N) is 2.